The van der Waals surface area contributed by atoms with Gasteiger partial charge in [-0.3, -0.25) is 4.79 Å². The van der Waals surface area contributed by atoms with E-state index in [1.165, 1.54) is 0 Å². The summed E-state index contributed by atoms with van der Waals surface area (Å²) in [5.41, 5.74) is 0.868. The van der Waals surface area contributed by atoms with Crippen molar-refractivity contribution in [2.75, 3.05) is 13.7 Å². The van der Waals surface area contributed by atoms with Gasteiger partial charge in [-0.2, -0.15) is 0 Å². The van der Waals surface area contributed by atoms with Crippen LogP contribution in [0.15, 0.2) is 6.20 Å². The maximum absolute atomic E-state index is 11.0. The third-order valence-corrected chi connectivity index (χ3v) is 1.67. The molecule has 0 spiro atoms. The SMILES string of the molecule is CNC(=O)c1ncc(CCCO)[nH]1. The lowest BCUT2D eigenvalue weighted by Gasteiger charge is -1.94. The highest BCUT2D eigenvalue weighted by atomic mass is 16.2. The maximum atomic E-state index is 11.0. The van der Waals surface area contributed by atoms with E-state index in [2.05, 4.69) is 15.3 Å². The molecule has 0 aliphatic carbocycles. The maximum Gasteiger partial charge on any atom is 0.286 e. The molecule has 1 heterocycles. The van der Waals surface area contributed by atoms with Gasteiger partial charge in [0.25, 0.3) is 5.91 Å². The minimum atomic E-state index is -0.227. The molecule has 1 amide bonds. The van der Waals surface area contributed by atoms with Gasteiger partial charge in [0.15, 0.2) is 5.82 Å². The Morgan fingerprint density at radius 2 is 2.54 bits per heavy atom. The van der Waals surface area contributed by atoms with Crippen molar-refractivity contribution < 1.29 is 9.90 Å². The van der Waals surface area contributed by atoms with Crippen LogP contribution in [0.5, 0.6) is 0 Å². The number of aryl methyl sites for hydroxylation is 1. The lowest BCUT2D eigenvalue weighted by molar-refractivity contribution is 0.0953. The summed E-state index contributed by atoms with van der Waals surface area (Å²) >= 11 is 0. The molecule has 1 aromatic rings. The standard InChI is InChI=1S/C8H13N3O2/c1-9-8(13)7-10-5-6(11-7)3-2-4-12/h5,12H,2-4H2,1H3,(H,9,13)(H,10,11). The van der Waals surface area contributed by atoms with E-state index in [0.29, 0.717) is 18.7 Å². The summed E-state index contributed by atoms with van der Waals surface area (Å²) in [6, 6.07) is 0. The second-order valence-electron chi connectivity index (χ2n) is 2.66. The summed E-state index contributed by atoms with van der Waals surface area (Å²) < 4.78 is 0. The molecule has 0 radical (unpaired) electrons. The molecule has 1 aromatic heterocycles. The van der Waals surface area contributed by atoms with Gasteiger partial charge in [0.05, 0.1) is 0 Å². The van der Waals surface area contributed by atoms with E-state index < -0.39 is 0 Å². The largest absolute Gasteiger partial charge is 0.396 e. The molecular weight excluding hydrogens is 170 g/mol. The number of carbonyl (C=O) groups excluding carboxylic acids is 1. The summed E-state index contributed by atoms with van der Waals surface area (Å²) in [5, 5.41) is 11.0. The number of aliphatic hydroxyl groups is 1. The summed E-state index contributed by atoms with van der Waals surface area (Å²) in [7, 11) is 1.55. The highest BCUT2D eigenvalue weighted by molar-refractivity contribution is 5.90. The Kier molecular flexibility index (Phi) is 3.45. The topological polar surface area (TPSA) is 78.0 Å². The zero-order valence-corrected chi connectivity index (χ0v) is 7.50. The number of amides is 1. The van der Waals surface area contributed by atoms with Gasteiger partial charge in [-0.15, -0.1) is 0 Å². The third-order valence-electron chi connectivity index (χ3n) is 1.67. The second kappa shape index (κ2) is 4.61. The fourth-order valence-electron chi connectivity index (χ4n) is 0.989. The Morgan fingerprint density at radius 3 is 3.15 bits per heavy atom. The second-order valence-corrected chi connectivity index (χ2v) is 2.66. The molecule has 3 N–H and O–H groups in total. The summed E-state index contributed by atoms with van der Waals surface area (Å²) in [6.45, 7) is 0.147. The molecule has 5 heteroatoms. The predicted molar refractivity (Wildman–Crippen MR) is 47.4 cm³/mol. The Labute approximate surface area is 76.2 Å². The molecule has 0 fully saturated rings. The third kappa shape index (κ3) is 2.55. The quantitative estimate of drug-likeness (QED) is 0.599. The van der Waals surface area contributed by atoms with E-state index in [1.807, 2.05) is 0 Å². The van der Waals surface area contributed by atoms with Gasteiger partial charge >= 0.3 is 0 Å². The Bertz CT molecular complexity index is 283. The van der Waals surface area contributed by atoms with Gasteiger partial charge in [0.2, 0.25) is 0 Å². The van der Waals surface area contributed by atoms with Crippen molar-refractivity contribution in [3.05, 3.63) is 17.7 Å². The van der Waals surface area contributed by atoms with Crippen LogP contribution in [0.2, 0.25) is 0 Å². The summed E-state index contributed by atoms with van der Waals surface area (Å²) in [6.07, 6.45) is 3.00. The van der Waals surface area contributed by atoms with Crippen LogP contribution in [-0.2, 0) is 6.42 Å². The van der Waals surface area contributed by atoms with Gasteiger partial charge < -0.3 is 15.4 Å². The molecule has 0 aliphatic rings. The van der Waals surface area contributed by atoms with Crippen LogP contribution in [0.3, 0.4) is 0 Å². The van der Waals surface area contributed by atoms with Crippen LogP contribution in [0.25, 0.3) is 0 Å². The molecule has 0 saturated carbocycles. The molecule has 0 aliphatic heterocycles. The molecule has 0 saturated heterocycles. The summed E-state index contributed by atoms with van der Waals surface area (Å²) in [4.78, 5) is 17.8. The first-order valence-electron chi connectivity index (χ1n) is 4.14. The Morgan fingerprint density at radius 1 is 1.77 bits per heavy atom. The van der Waals surface area contributed by atoms with E-state index in [0.717, 1.165) is 5.69 Å². The van der Waals surface area contributed by atoms with Gasteiger partial charge in [0, 0.05) is 25.5 Å². The first-order valence-corrected chi connectivity index (χ1v) is 4.14. The zero-order valence-electron chi connectivity index (χ0n) is 7.50. The van der Waals surface area contributed by atoms with Gasteiger partial charge in [-0.25, -0.2) is 4.98 Å². The number of carbonyl (C=O) groups is 1. The zero-order chi connectivity index (χ0) is 9.68. The van der Waals surface area contributed by atoms with E-state index in [1.54, 1.807) is 13.2 Å². The van der Waals surface area contributed by atoms with Crippen LogP contribution in [0.4, 0.5) is 0 Å². The van der Waals surface area contributed by atoms with Crippen molar-refractivity contribution in [2.45, 2.75) is 12.8 Å². The Balaban J connectivity index is 2.58. The van der Waals surface area contributed by atoms with Gasteiger partial charge in [-0.1, -0.05) is 0 Å². The van der Waals surface area contributed by atoms with E-state index in [4.69, 9.17) is 5.11 Å². The lowest BCUT2D eigenvalue weighted by Crippen LogP contribution is -2.19. The minimum Gasteiger partial charge on any atom is -0.396 e. The van der Waals surface area contributed by atoms with Crippen molar-refractivity contribution in [3.63, 3.8) is 0 Å². The van der Waals surface area contributed by atoms with Crippen LogP contribution < -0.4 is 5.32 Å². The first kappa shape index (κ1) is 9.73. The van der Waals surface area contributed by atoms with Crippen molar-refractivity contribution in [2.24, 2.45) is 0 Å². The smallest absolute Gasteiger partial charge is 0.286 e. The van der Waals surface area contributed by atoms with Crippen LogP contribution >= 0.6 is 0 Å². The van der Waals surface area contributed by atoms with Gasteiger partial charge in [0.1, 0.15) is 0 Å². The molecule has 72 valence electrons. The molecule has 0 bridgehead atoms. The van der Waals surface area contributed by atoms with E-state index in [9.17, 15) is 4.79 Å². The molecule has 5 nitrogen and oxygen atoms in total. The number of aromatic nitrogens is 2. The number of aromatic amines is 1. The highest BCUT2D eigenvalue weighted by Crippen LogP contribution is 2.00. The van der Waals surface area contributed by atoms with E-state index in [-0.39, 0.29) is 12.5 Å². The lowest BCUT2D eigenvalue weighted by atomic mass is 10.3. The average Bonchev–Trinajstić information content (AvgIpc) is 2.62. The molecule has 1 rings (SSSR count). The molecule has 0 aromatic carbocycles. The number of hydrogen-bond acceptors (Lipinski definition) is 3. The van der Waals surface area contributed by atoms with Crippen molar-refractivity contribution in [1.29, 1.82) is 0 Å². The average molecular weight is 183 g/mol. The molecule has 13 heavy (non-hydrogen) atoms. The number of nitrogens with one attached hydrogen (secondary N) is 2. The fourth-order valence-corrected chi connectivity index (χ4v) is 0.989. The number of rotatable bonds is 4. The summed E-state index contributed by atoms with van der Waals surface area (Å²) in [5.74, 6) is 0.0886. The van der Waals surface area contributed by atoms with E-state index >= 15 is 0 Å². The monoisotopic (exact) mass is 183 g/mol. The van der Waals surface area contributed by atoms with Crippen LogP contribution in [0, 0.1) is 0 Å². The van der Waals surface area contributed by atoms with Crippen molar-refractivity contribution in [1.82, 2.24) is 15.3 Å². The minimum absolute atomic E-state index is 0.147. The number of hydrogen-bond donors (Lipinski definition) is 3. The number of aliphatic hydroxyl groups excluding tert-OH is 1. The number of H-pyrrole nitrogens is 1. The van der Waals surface area contributed by atoms with Crippen LogP contribution in [-0.4, -0.2) is 34.6 Å². The van der Waals surface area contributed by atoms with Gasteiger partial charge in [-0.05, 0) is 12.8 Å². The van der Waals surface area contributed by atoms with Crippen LogP contribution in [0.1, 0.15) is 22.7 Å². The predicted octanol–water partition coefficient (Wildman–Crippen LogP) is -0.306. The normalized spacial score (nSPS) is 10.0. The first-order chi connectivity index (χ1) is 6.27. The van der Waals surface area contributed by atoms with Crippen molar-refractivity contribution in [3.8, 4) is 0 Å². The molecule has 0 atom stereocenters. The Hall–Kier alpha value is -1.36. The fraction of sp³-hybridized carbons (Fsp3) is 0.500. The molecular formula is C8H13N3O2. The van der Waals surface area contributed by atoms with Crippen molar-refractivity contribution >= 4 is 5.91 Å². The highest BCUT2D eigenvalue weighted by Gasteiger charge is 2.06. The molecule has 0 unspecified atom stereocenters. The number of imidazole rings is 1. The number of nitrogens with zero attached hydrogens (tertiary/aromatic N) is 1.